The van der Waals surface area contributed by atoms with E-state index in [4.69, 9.17) is 4.52 Å². The first-order chi connectivity index (χ1) is 10.6. The topological polar surface area (TPSA) is 69.7 Å². The first-order valence-corrected chi connectivity index (χ1v) is 8.52. The number of carbonyl (C=O) groups excluding carboxylic acids is 2. The number of para-hydroxylation sites is 1. The maximum atomic E-state index is 13.5. The van der Waals surface area contributed by atoms with Crippen LogP contribution in [-0.4, -0.2) is 17.6 Å². The first-order valence-electron chi connectivity index (χ1n) is 6.82. The highest BCUT2D eigenvalue weighted by molar-refractivity contribution is 7.69. The van der Waals surface area contributed by atoms with Gasteiger partial charge in [0, 0.05) is 5.56 Å². The molecule has 0 bridgehead atoms. The van der Waals surface area contributed by atoms with E-state index in [0.717, 1.165) is 11.1 Å². The Balaban J connectivity index is 1.95. The summed E-state index contributed by atoms with van der Waals surface area (Å²) in [7, 11) is -3.57. The second-order valence-corrected chi connectivity index (χ2v) is 7.70. The summed E-state index contributed by atoms with van der Waals surface area (Å²) in [4.78, 5) is 23.3. The zero-order chi connectivity index (χ0) is 15.3. The van der Waals surface area contributed by atoms with Crippen molar-refractivity contribution in [3.63, 3.8) is 0 Å². The van der Waals surface area contributed by atoms with E-state index in [1.807, 2.05) is 24.3 Å². The van der Waals surface area contributed by atoms with Gasteiger partial charge in [-0.15, -0.1) is 0 Å². The molecular weight excluding hydrogens is 303 g/mol. The molecule has 2 heterocycles. The largest absolute Gasteiger partial charge is 0.439 e. The Morgan fingerprint density at radius 2 is 1.64 bits per heavy atom. The van der Waals surface area contributed by atoms with Gasteiger partial charge >= 0.3 is 11.9 Å². The normalized spacial score (nSPS) is 25.9. The number of benzene rings is 2. The van der Waals surface area contributed by atoms with Gasteiger partial charge in [0.1, 0.15) is 5.75 Å². The minimum atomic E-state index is -3.57. The highest BCUT2D eigenvalue weighted by Crippen LogP contribution is 2.59. The Kier molecular flexibility index (Phi) is 2.75. The maximum absolute atomic E-state index is 13.5. The van der Waals surface area contributed by atoms with Crippen molar-refractivity contribution in [2.75, 3.05) is 0 Å². The van der Waals surface area contributed by atoms with Gasteiger partial charge in [0.2, 0.25) is 0 Å². The van der Waals surface area contributed by atoms with Gasteiger partial charge in [-0.05, 0) is 17.7 Å². The number of rotatable bonds is 1. The zero-order valence-electron chi connectivity index (χ0n) is 11.4. The molecule has 2 aromatic carbocycles. The summed E-state index contributed by atoms with van der Waals surface area (Å²) < 4.78 is 23.8. The van der Waals surface area contributed by atoms with E-state index in [1.54, 1.807) is 24.3 Å². The number of esters is 2. The van der Waals surface area contributed by atoms with E-state index < -0.39 is 25.0 Å². The van der Waals surface area contributed by atoms with Gasteiger partial charge in [0.05, 0.1) is 11.7 Å². The number of hydrogen-bond donors (Lipinski definition) is 0. The molecule has 2 unspecified atom stereocenters. The molecule has 0 spiro atoms. The predicted octanol–water partition coefficient (Wildman–Crippen LogP) is 2.49. The molecule has 1 fully saturated rings. The summed E-state index contributed by atoms with van der Waals surface area (Å²) in [6.45, 7) is 0. The molecule has 2 aliphatic rings. The van der Waals surface area contributed by atoms with Crippen molar-refractivity contribution in [3.8, 4) is 16.9 Å². The van der Waals surface area contributed by atoms with Crippen LogP contribution in [0.5, 0.6) is 5.75 Å². The molecule has 1 saturated heterocycles. The van der Waals surface area contributed by atoms with Crippen molar-refractivity contribution in [2.45, 2.75) is 12.1 Å². The summed E-state index contributed by atoms with van der Waals surface area (Å²) in [6, 6.07) is 14.3. The third kappa shape index (κ3) is 1.76. The molecule has 2 atom stereocenters. The molecule has 0 aromatic heterocycles. The van der Waals surface area contributed by atoms with Crippen LogP contribution in [-0.2, 0) is 18.9 Å². The Morgan fingerprint density at radius 1 is 0.955 bits per heavy atom. The van der Waals surface area contributed by atoms with E-state index in [0.29, 0.717) is 11.1 Å². The van der Waals surface area contributed by atoms with E-state index in [2.05, 4.69) is 4.74 Å². The van der Waals surface area contributed by atoms with Crippen LogP contribution in [0.25, 0.3) is 11.1 Å². The van der Waals surface area contributed by atoms with Crippen molar-refractivity contribution in [1.29, 1.82) is 0 Å². The number of fused-ring (bicyclic) bond motifs is 3. The standard InChI is InChI=1S/C16H11O5P/c17-15-9-14(16(18)20-15)22(19)13-8-4-2-6-11(13)10-5-1-3-7-12(10)21-22/h1-8,14H,9H2. The Labute approximate surface area is 126 Å². The summed E-state index contributed by atoms with van der Waals surface area (Å²) in [6.07, 6.45) is -0.216. The van der Waals surface area contributed by atoms with E-state index >= 15 is 0 Å². The summed E-state index contributed by atoms with van der Waals surface area (Å²) in [5, 5.41) is 0.463. The molecule has 4 rings (SSSR count). The van der Waals surface area contributed by atoms with Crippen molar-refractivity contribution in [1.82, 2.24) is 0 Å². The Bertz CT molecular complexity index is 857. The molecule has 22 heavy (non-hydrogen) atoms. The van der Waals surface area contributed by atoms with E-state index in [9.17, 15) is 14.2 Å². The first kappa shape index (κ1) is 13.3. The van der Waals surface area contributed by atoms with Crippen LogP contribution in [0.3, 0.4) is 0 Å². The van der Waals surface area contributed by atoms with Gasteiger partial charge in [-0.1, -0.05) is 36.4 Å². The summed E-state index contributed by atoms with van der Waals surface area (Å²) in [5.41, 5.74) is 0.511. The predicted molar refractivity (Wildman–Crippen MR) is 79.3 cm³/mol. The Morgan fingerprint density at radius 3 is 2.36 bits per heavy atom. The second kappa shape index (κ2) is 4.55. The molecule has 2 aliphatic heterocycles. The molecule has 0 aliphatic carbocycles. The minimum Gasteiger partial charge on any atom is -0.439 e. The van der Waals surface area contributed by atoms with Crippen LogP contribution in [0.15, 0.2) is 48.5 Å². The van der Waals surface area contributed by atoms with Gasteiger partial charge in [-0.3, -0.25) is 14.2 Å². The van der Waals surface area contributed by atoms with Gasteiger partial charge in [-0.2, -0.15) is 0 Å². The smallest absolute Gasteiger partial charge is 0.328 e. The number of cyclic esters (lactones) is 2. The van der Waals surface area contributed by atoms with Crippen LogP contribution >= 0.6 is 7.37 Å². The van der Waals surface area contributed by atoms with Crippen molar-refractivity contribution in [2.24, 2.45) is 0 Å². The van der Waals surface area contributed by atoms with E-state index in [-0.39, 0.29) is 6.42 Å². The van der Waals surface area contributed by atoms with Gasteiger partial charge in [0.25, 0.3) is 7.37 Å². The molecule has 0 radical (unpaired) electrons. The number of hydrogen-bond acceptors (Lipinski definition) is 5. The lowest BCUT2D eigenvalue weighted by Crippen LogP contribution is -2.28. The molecule has 0 amide bonds. The van der Waals surface area contributed by atoms with Crippen molar-refractivity contribution >= 4 is 24.6 Å². The molecule has 0 N–H and O–H groups in total. The van der Waals surface area contributed by atoms with Crippen molar-refractivity contribution < 1.29 is 23.4 Å². The highest BCUT2D eigenvalue weighted by atomic mass is 31.2. The minimum absolute atomic E-state index is 0.216. The second-order valence-electron chi connectivity index (χ2n) is 5.21. The Hall–Kier alpha value is -2.39. The lowest BCUT2D eigenvalue weighted by atomic mass is 10.0. The number of ether oxygens (including phenoxy) is 1. The van der Waals surface area contributed by atoms with Crippen LogP contribution in [0.4, 0.5) is 0 Å². The SMILES string of the molecule is O=C1CC(P2(=O)Oc3ccccc3-c3ccccc32)C(=O)O1. The monoisotopic (exact) mass is 314 g/mol. The fourth-order valence-corrected chi connectivity index (χ4v) is 5.45. The third-order valence-corrected chi connectivity index (χ3v) is 6.65. The summed E-state index contributed by atoms with van der Waals surface area (Å²) in [5.74, 6) is -0.982. The summed E-state index contributed by atoms with van der Waals surface area (Å²) >= 11 is 0. The quantitative estimate of drug-likeness (QED) is 0.459. The van der Waals surface area contributed by atoms with Gasteiger partial charge in [0.15, 0.2) is 5.66 Å². The van der Waals surface area contributed by atoms with Gasteiger partial charge in [-0.25, -0.2) is 0 Å². The fraction of sp³-hybridized carbons (Fsp3) is 0.125. The van der Waals surface area contributed by atoms with E-state index in [1.165, 1.54) is 0 Å². The molecule has 6 heteroatoms. The molecule has 2 aromatic rings. The average Bonchev–Trinajstić information content (AvgIpc) is 2.87. The van der Waals surface area contributed by atoms with Crippen LogP contribution in [0.1, 0.15) is 6.42 Å². The van der Waals surface area contributed by atoms with Gasteiger partial charge < -0.3 is 9.26 Å². The third-order valence-electron chi connectivity index (χ3n) is 3.91. The van der Waals surface area contributed by atoms with Crippen LogP contribution in [0, 0.1) is 0 Å². The number of carbonyl (C=O) groups is 2. The van der Waals surface area contributed by atoms with Crippen LogP contribution < -0.4 is 9.83 Å². The lowest BCUT2D eigenvalue weighted by molar-refractivity contribution is -0.151. The molecule has 0 saturated carbocycles. The van der Waals surface area contributed by atoms with Crippen molar-refractivity contribution in [3.05, 3.63) is 48.5 Å². The maximum Gasteiger partial charge on any atom is 0.328 e. The fourth-order valence-electron chi connectivity index (χ4n) is 2.89. The highest BCUT2D eigenvalue weighted by Gasteiger charge is 2.52. The molecular formula is C16H11O5P. The van der Waals surface area contributed by atoms with Crippen LogP contribution in [0.2, 0.25) is 0 Å². The zero-order valence-corrected chi connectivity index (χ0v) is 12.3. The molecule has 5 nitrogen and oxygen atoms in total. The lowest BCUT2D eigenvalue weighted by Gasteiger charge is -2.30. The molecule has 110 valence electrons. The average molecular weight is 314 g/mol.